The Morgan fingerprint density at radius 1 is 1.53 bits per heavy atom. The summed E-state index contributed by atoms with van der Waals surface area (Å²) in [6, 6.07) is 2.03. The second-order valence-corrected chi connectivity index (χ2v) is 3.66. The normalized spacial score (nSPS) is 10.9. The zero-order valence-electron chi connectivity index (χ0n) is 9.12. The van der Waals surface area contributed by atoms with Crippen LogP contribution in [0.25, 0.3) is 11.3 Å². The Labute approximate surface area is 89.1 Å². The van der Waals surface area contributed by atoms with Crippen LogP contribution in [0, 0.1) is 6.92 Å². The van der Waals surface area contributed by atoms with E-state index in [1.54, 1.807) is 0 Å². The molecule has 15 heavy (non-hydrogen) atoms. The van der Waals surface area contributed by atoms with Crippen molar-refractivity contribution in [2.75, 3.05) is 6.54 Å². The molecule has 2 aromatic rings. The van der Waals surface area contributed by atoms with Crippen molar-refractivity contribution in [2.45, 2.75) is 13.3 Å². The van der Waals surface area contributed by atoms with Crippen LogP contribution in [0.1, 0.15) is 11.5 Å². The first-order valence-electron chi connectivity index (χ1n) is 5.09. The van der Waals surface area contributed by atoms with Crippen LogP contribution in [0.5, 0.6) is 0 Å². The van der Waals surface area contributed by atoms with Gasteiger partial charge in [0.05, 0.1) is 5.69 Å². The molecular weight excluding hydrogens is 188 g/mol. The van der Waals surface area contributed by atoms with Crippen LogP contribution in [0.2, 0.25) is 0 Å². The predicted octanol–water partition coefficient (Wildman–Crippen LogP) is 1.22. The summed E-state index contributed by atoms with van der Waals surface area (Å²) in [5, 5.41) is 0. The van der Waals surface area contributed by atoms with Crippen molar-refractivity contribution < 1.29 is 0 Å². The van der Waals surface area contributed by atoms with Gasteiger partial charge in [-0.05, 0) is 19.5 Å². The van der Waals surface area contributed by atoms with E-state index in [9.17, 15) is 0 Å². The first-order valence-corrected chi connectivity index (χ1v) is 5.09. The van der Waals surface area contributed by atoms with E-state index in [1.807, 2.05) is 25.5 Å². The summed E-state index contributed by atoms with van der Waals surface area (Å²) in [5.41, 5.74) is 8.90. The first kappa shape index (κ1) is 9.98. The highest BCUT2D eigenvalue weighted by Crippen LogP contribution is 2.22. The van der Waals surface area contributed by atoms with Crippen LogP contribution >= 0.6 is 0 Å². The van der Waals surface area contributed by atoms with Crippen molar-refractivity contribution in [2.24, 2.45) is 12.8 Å². The molecule has 2 heterocycles. The average molecular weight is 204 g/mol. The number of H-pyrrole nitrogens is 1. The molecule has 0 radical (unpaired) electrons. The van der Waals surface area contributed by atoms with Gasteiger partial charge in [-0.2, -0.15) is 0 Å². The van der Waals surface area contributed by atoms with Crippen molar-refractivity contribution in [3.05, 3.63) is 30.0 Å². The summed E-state index contributed by atoms with van der Waals surface area (Å²) >= 11 is 0. The molecule has 0 aliphatic rings. The van der Waals surface area contributed by atoms with Crippen LogP contribution in [0.4, 0.5) is 0 Å². The van der Waals surface area contributed by atoms with Crippen molar-refractivity contribution in [3.63, 3.8) is 0 Å². The lowest BCUT2D eigenvalue weighted by Gasteiger charge is -2.00. The highest BCUT2D eigenvalue weighted by molar-refractivity contribution is 5.61. The largest absolute Gasteiger partial charge is 0.367 e. The zero-order chi connectivity index (χ0) is 10.8. The Morgan fingerprint density at radius 3 is 2.93 bits per heavy atom. The quantitative estimate of drug-likeness (QED) is 0.789. The second kappa shape index (κ2) is 3.90. The van der Waals surface area contributed by atoms with Gasteiger partial charge in [0.1, 0.15) is 5.82 Å². The van der Waals surface area contributed by atoms with E-state index in [0.29, 0.717) is 6.54 Å². The smallest absolute Gasteiger partial charge is 0.110 e. The highest BCUT2D eigenvalue weighted by atomic mass is 15.1. The van der Waals surface area contributed by atoms with Gasteiger partial charge in [0.15, 0.2) is 0 Å². The van der Waals surface area contributed by atoms with Crippen LogP contribution in [0.15, 0.2) is 18.5 Å². The molecule has 0 aliphatic heterocycles. The summed E-state index contributed by atoms with van der Waals surface area (Å²) in [5.74, 6) is 1.05. The number of hydrogen-bond acceptors (Lipinski definition) is 2. The fourth-order valence-corrected chi connectivity index (χ4v) is 1.73. The van der Waals surface area contributed by atoms with Gasteiger partial charge in [-0.25, -0.2) is 4.98 Å². The maximum absolute atomic E-state index is 5.55. The van der Waals surface area contributed by atoms with Crippen LogP contribution in [-0.4, -0.2) is 21.1 Å². The molecule has 0 spiro atoms. The Hall–Kier alpha value is -1.55. The number of nitrogens with one attached hydrogen (secondary N) is 1. The van der Waals surface area contributed by atoms with E-state index < -0.39 is 0 Å². The lowest BCUT2D eigenvalue weighted by molar-refractivity contribution is 0.761. The van der Waals surface area contributed by atoms with E-state index in [0.717, 1.165) is 23.5 Å². The van der Waals surface area contributed by atoms with E-state index in [-0.39, 0.29) is 0 Å². The highest BCUT2D eigenvalue weighted by Gasteiger charge is 2.11. The minimum absolute atomic E-state index is 0.636. The van der Waals surface area contributed by atoms with Crippen LogP contribution < -0.4 is 5.73 Å². The Bertz CT molecular complexity index is 439. The molecule has 0 saturated heterocycles. The maximum atomic E-state index is 5.55. The summed E-state index contributed by atoms with van der Waals surface area (Å²) in [6.45, 7) is 2.71. The van der Waals surface area contributed by atoms with Crippen LogP contribution in [-0.2, 0) is 13.5 Å². The molecule has 0 unspecified atom stereocenters. The maximum Gasteiger partial charge on any atom is 0.110 e. The Kier molecular flexibility index (Phi) is 2.60. The molecule has 0 bridgehead atoms. The molecule has 0 aliphatic carbocycles. The monoisotopic (exact) mass is 204 g/mol. The van der Waals surface area contributed by atoms with E-state index >= 15 is 0 Å². The minimum Gasteiger partial charge on any atom is -0.367 e. The molecule has 80 valence electrons. The number of hydrogen-bond donors (Lipinski definition) is 2. The van der Waals surface area contributed by atoms with Crippen molar-refractivity contribution in [3.8, 4) is 11.3 Å². The molecule has 0 fully saturated rings. The molecule has 2 rings (SSSR count). The first-order chi connectivity index (χ1) is 7.24. The standard InChI is InChI=1S/C11H16N4/c1-8-11(9-4-6-13-7-9)14-10(3-5-12)15(8)2/h4,6-7,13H,3,5,12H2,1-2H3. The van der Waals surface area contributed by atoms with Crippen molar-refractivity contribution >= 4 is 0 Å². The molecule has 4 nitrogen and oxygen atoms in total. The molecule has 4 heteroatoms. The molecular formula is C11H16N4. The van der Waals surface area contributed by atoms with Crippen LogP contribution in [0.3, 0.4) is 0 Å². The molecule has 0 saturated carbocycles. The molecule has 0 amide bonds. The number of imidazole rings is 1. The van der Waals surface area contributed by atoms with Gasteiger partial charge < -0.3 is 15.3 Å². The lowest BCUT2D eigenvalue weighted by Crippen LogP contribution is -2.08. The number of nitrogens with zero attached hydrogens (tertiary/aromatic N) is 2. The topological polar surface area (TPSA) is 59.6 Å². The van der Waals surface area contributed by atoms with Crippen molar-refractivity contribution in [1.82, 2.24) is 14.5 Å². The minimum atomic E-state index is 0.636. The third-order valence-corrected chi connectivity index (χ3v) is 2.71. The SMILES string of the molecule is Cc1c(-c2cc[nH]c2)nc(CCN)n1C. The third-order valence-electron chi connectivity index (χ3n) is 2.71. The van der Waals surface area contributed by atoms with E-state index in [1.165, 1.54) is 5.69 Å². The van der Waals surface area contributed by atoms with Crippen molar-refractivity contribution in [1.29, 1.82) is 0 Å². The van der Waals surface area contributed by atoms with Gasteiger partial charge in [-0.3, -0.25) is 0 Å². The Morgan fingerprint density at radius 2 is 2.33 bits per heavy atom. The number of aromatic nitrogens is 3. The van der Waals surface area contributed by atoms with Gasteiger partial charge in [0, 0.05) is 37.1 Å². The average Bonchev–Trinajstić information content (AvgIpc) is 2.82. The Balaban J connectivity index is 2.45. The van der Waals surface area contributed by atoms with Gasteiger partial charge in [0.2, 0.25) is 0 Å². The van der Waals surface area contributed by atoms with Gasteiger partial charge in [-0.1, -0.05) is 0 Å². The lowest BCUT2D eigenvalue weighted by atomic mass is 10.2. The summed E-state index contributed by atoms with van der Waals surface area (Å²) in [4.78, 5) is 7.65. The number of nitrogens with two attached hydrogens (primary N) is 1. The van der Waals surface area contributed by atoms with E-state index in [4.69, 9.17) is 5.73 Å². The van der Waals surface area contributed by atoms with Gasteiger partial charge in [0.25, 0.3) is 0 Å². The molecule has 2 aromatic heterocycles. The fourth-order valence-electron chi connectivity index (χ4n) is 1.73. The zero-order valence-corrected chi connectivity index (χ0v) is 9.12. The summed E-state index contributed by atoms with van der Waals surface area (Å²) in [6.07, 6.45) is 4.69. The number of aromatic amines is 1. The van der Waals surface area contributed by atoms with E-state index in [2.05, 4.69) is 21.5 Å². The third kappa shape index (κ3) is 1.68. The fraction of sp³-hybridized carbons (Fsp3) is 0.364. The molecule has 3 N–H and O–H groups in total. The summed E-state index contributed by atoms with van der Waals surface area (Å²) in [7, 11) is 2.03. The molecule has 0 aromatic carbocycles. The molecule has 0 atom stereocenters. The summed E-state index contributed by atoms with van der Waals surface area (Å²) < 4.78 is 2.11. The van der Waals surface area contributed by atoms with Gasteiger partial charge in [-0.15, -0.1) is 0 Å². The van der Waals surface area contributed by atoms with Gasteiger partial charge >= 0.3 is 0 Å². The second-order valence-electron chi connectivity index (χ2n) is 3.66. The predicted molar refractivity (Wildman–Crippen MR) is 60.5 cm³/mol. The number of rotatable bonds is 3.